The minimum absolute atomic E-state index is 0.0151. The Balaban J connectivity index is 3.31. The Hall–Kier alpha value is -1.16. The van der Waals surface area contributed by atoms with E-state index in [1.165, 1.54) is 26.0 Å². The summed E-state index contributed by atoms with van der Waals surface area (Å²) in [5.74, 6) is 0. The standard InChI is InChI=1S/C10H11FO2S/c1-8(2)10(11)14(12,13)9-6-4-3-5-7-9/h3-7H,1-2H3. The highest BCUT2D eigenvalue weighted by molar-refractivity contribution is 7.95. The van der Waals surface area contributed by atoms with Gasteiger partial charge in [-0.25, -0.2) is 8.42 Å². The number of hydrogen-bond acceptors (Lipinski definition) is 2. The molecule has 0 atom stereocenters. The third-order valence-corrected chi connectivity index (χ3v) is 3.46. The average molecular weight is 214 g/mol. The molecular weight excluding hydrogens is 203 g/mol. The first-order valence-electron chi connectivity index (χ1n) is 4.09. The van der Waals surface area contributed by atoms with Gasteiger partial charge in [-0.15, -0.1) is 0 Å². The number of allylic oxidation sites excluding steroid dienone is 1. The van der Waals surface area contributed by atoms with Gasteiger partial charge in [0.1, 0.15) is 0 Å². The van der Waals surface area contributed by atoms with E-state index >= 15 is 0 Å². The van der Waals surface area contributed by atoms with Crippen LogP contribution in [0.1, 0.15) is 13.8 Å². The number of halogens is 1. The van der Waals surface area contributed by atoms with Crippen LogP contribution in [0.3, 0.4) is 0 Å². The Morgan fingerprint density at radius 2 is 1.64 bits per heavy atom. The Morgan fingerprint density at radius 3 is 2.07 bits per heavy atom. The van der Waals surface area contributed by atoms with Crippen molar-refractivity contribution in [1.82, 2.24) is 0 Å². The van der Waals surface area contributed by atoms with E-state index in [0.29, 0.717) is 0 Å². The molecule has 14 heavy (non-hydrogen) atoms. The second-order valence-corrected chi connectivity index (χ2v) is 4.93. The highest BCUT2D eigenvalue weighted by atomic mass is 32.2. The molecule has 0 unspecified atom stereocenters. The van der Waals surface area contributed by atoms with Crippen molar-refractivity contribution in [1.29, 1.82) is 0 Å². The van der Waals surface area contributed by atoms with Gasteiger partial charge in [-0.2, -0.15) is 4.39 Å². The van der Waals surface area contributed by atoms with E-state index in [0.717, 1.165) is 0 Å². The van der Waals surface area contributed by atoms with Crippen LogP contribution in [0.25, 0.3) is 0 Å². The zero-order valence-electron chi connectivity index (χ0n) is 7.99. The summed E-state index contributed by atoms with van der Waals surface area (Å²) in [6.07, 6.45) is 0. The summed E-state index contributed by atoms with van der Waals surface area (Å²) in [5.41, 5.74) is 0.161. The van der Waals surface area contributed by atoms with Crippen molar-refractivity contribution in [3.63, 3.8) is 0 Å². The molecule has 0 amide bonds. The summed E-state index contributed by atoms with van der Waals surface area (Å²) in [4.78, 5) is -0.0151. The van der Waals surface area contributed by atoms with Crippen LogP contribution in [0, 0.1) is 0 Å². The second-order valence-electron chi connectivity index (χ2n) is 3.09. The zero-order chi connectivity index (χ0) is 10.8. The number of hydrogen-bond donors (Lipinski definition) is 0. The molecular formula is C10H11FO2S. The molecule has 0 spiro atoms. The fourth-order valence-electron chi connectivity index (χ4n) is 0.972. The summed E-state index contributed by atoms with van der Waals surface area (Å²) in [5, 5.41) is -1.07. The second kappa shape index (κ2) is 3.92. The quantitative estimate of drug-likeness (QED) is 0.758. The van der Waals surface area contributed by atoms with Crippen LogP contribution < -0.4 is 0 Å². The fraction of sp³-hybridized carbons (Fsp3) is 0.200. The van der Waals surface area contributed by atoms with Crippen molar-refractivity contribution in [3.05, 3.63) is 41.1 Å². The first kappa shape index (κ1) is 10.9. The summed E-state index contributed by atoms with van der Waals surface area (Å²) in [7, 11) is -3.93. The number of sulfone groups is 1. The molecule has 0 saturated carbocycles. The smallest absolute Gasteiger partial charge is 0.216 e. The van der Waals surface area contributed by atoms with Crippen molar-refractivity contribution in [3.8, 4) is 0 Å². The van der Waals surface area contributed by atoms with Crippen molar-refractivity contribution < 1.29 is 12.8 Å². The molecule has 76 valence electrons. The van der Waals surface area contributed by atoms with Crippen LogP contribution in [-0.4, -0.2) is 8.42 Å². The third kappa shape index (κ3) is 2.01. The van der Waals surface area contributed by atoms with Gasteiger partial charge >= 0.3 is 0 Å². The van der Waals surface area contributed by atoms with E-state index in [1.807, 2.05) is 0 Å². The molecule has 4 heteroatoms. The van der Waals surface area contributed by atoms with Crippen LogP contribution in [0.5, 0.6) is 0 Å². The van der Waals surface area contributed by atoms with Gasteiger partial charge in [0, 0.05) is 0 Å². The van der Waals surface area contributed by atoms with Gasteiger partial charge in [-0.1, -0.05) is 18.2 Å². The summed E-state index contributed by atoms with van der Waals surface area (Å²) < 4.78 is 36.4. The Bertz CT molecular complexity index is 442. The van der Waals surface area contributed by atoms with Crippen LogP contribution >= 0.6 is 0 Å². The molecule has 0 aliphatic heterocycles. The Labute approximate surface area is 83.0 Å². The van der Waals surface area contributed by atoms with E-state index in [-0.39, 0.29) is 10.5 Å². The van der Waals surface area contributed by atoms with Crippen LogP contribution in [-0.2, 0) is 9.84 Å². The van der Waals surface area contributed by atoms with Gasteiger partial charge in [0.25, 0.3) is 0 Å². The average Bonchev–Trinajstić information content (AvgIpc) is 2.18. The molecule has 0 bridgehead atoms. The van der Waals surface area contributed by atoms with Gasteiger partial charge in [0.15, 0.2) is 0 Å². The molecule has 1 aromatic rings. The van der Waals surface area contributed by atoms with E-state index in [4.69, 9.17) is 0 Å². The maximum absolute atomic E-state index is 13.3. The first-order chi connectivity index (χ1) is 6.46. The van der Waals surface area contributed by atoms with E-state index in [9.17, 15) is 12.8 Å². The Kier molecular flexibility index (Phi) is 3.06. The minimum Gasteiger partial charge on any atom is -0.216 e. The van der Waals surface area contributed by atoms with E-state index < -0.39 is 15.0 Å². The summed E-state index contributed by atoms with van der Waals surface area (Å²) >= 11 is 0. The van der Waals surface area contributed by atoms with Crippen LogP contribution in [0.2, 0.25) is 0 Å². The molecule has 0 fully saturated rings. The molecule has 2 nitrogen and oxygen atoms in total. The molecule has 0 aromatic heterocycles. The molecule has 0 saturated heterocycles. The SMILES string of the molecule is CC(C)=C(F)S(=O)(=O)c1ccccc1. The molecule has 1 rings (SSSR count). The largest absolute Gasteiger partial charge is 0.233 e. The summed E-state index contributed by atoms with van der Waals surface area (Å²) in [6, 6.07) is 7.55. The summed E-state index contributed by atoms with van der Waals surface area (Å²) in [6.45, 7) is 2.85. The van der Waals surface area contributed by atoms with Gasteiger partial charge in [0.05, 0.1) is 4.90 Å². The molecule has 0 N–H and O–H groups in total. The topological polar surface area (TPSA) is 34.1 Å². The minimum atomic E-state index is -3.93. The number of rotatable bonds is 2. The van der Waals surface area contributed by atoms with Gasteiger partial charge in [0.2, 0.25) is 15.0 Å². The van der Waals surface area contributed by atoms with Crippen molar-refractivity contribution in [2.24, 2.45) is 0 Å². The first-order valence-corrected chi connectivity index (χ1v) is 5.57. The zero-order valence-corrected chi connectivity index (χ0v) is 8.81. The third-order valence-electron chi connectivity index (χ3n) is 1.68. The van der Waals surface area contributed by atoms with Gasteiger partial charge < -0.3 is 0 Å². The monoisotopic (exact) mass is 214 g/mol. The molecule has 0 aliphatic carbocycles. The van der Waals surface area contributed by atoms with Crippen molar-refractivity contribution >= 4 is 9.84 Å². The highest BCUT2D eigenvalue weighted by Crippen LogP contribution is 2.22. The lowest BCUT2D eigenvalue weighted by molar-refractivity contribution is 0.574. The van der Waals surface area contributed by atoms with E-state index in [1.54, 1.807) is 18.2 Å². The fourth-order valence-corrected chi connectivity index (χ4v) is 2.23. The normalized spacial score (nSPS) is 11.1. The van der Waals surface area contributed by atoms with Crippen molar-refractivity contribution in [2.45, 2.75) is 18.7 Å². The predicted octanol–water partition coefficient (Wildman–Crippen LogP) is 2.68. The lowest BCUT2D eigenvalue weighted by Crippen LogP contribution is -2.02. The van der Waals surface area contributed by atoms with Gasteiger partial charge in [-0.3, -0.25) is 0 Å². The molecule has 1 aromatic carbocycles. The maximum Gasteiger partial charge on any atom is 0.233 e. The number of benzene rings is 1. The lowest BCUT2D eigenvalue weighted by atomic mass is 10.4. The maximum atomic E-state index is 13.3. The van der Waals surface area contributed by atoms with Crippen LogP contribution in [0.4, 0.5) is 4.39 Å². The van der Waals surface area contributed by atoms with Gasteiger partial charge in [-0.05, 0) is 31.6 Å². The Morgan fingerprint density at radius 1 is 1.14 bits per heavy atom. The van der Waals surface area contributed by atoms with Crippen molar-refractivity contribution in [2.75, 3.05) is 0 Å². The molecule has 0 heterocycles. The highest BCUT2D eigenvalue weighted by Gasteiger charge is 2.21. The predicted molar refractivity (Wildman–Crippen MR) is 53.1 cm³/mol. The molecule has 0 aliphatic rings. The van der Waals surface area contributed by atoms with E-state index in [2.05, 4.69) is 0 Å². The van der Waals surface area contributed by atoms with Crippen LogP contribution in [0.15, 0.2) is 46.0 Å². The molecule has 0 radical (unpaired) electrons. The lowest BCUT2D eigenvalue weighted by Gasteiger charge is -2.02.